The molecule has 16 heavy (non-hydrogen) atoms. The highest BCUT2D eigenvalue weighted by atomic mass is 16.1. The van der Waals surface area contributed by atoms with E-state index in [0.29, 0.717) is 0 Å². The van der Waals surface area contributed by atoms with Gasteiger partial charge in [0.1, 0.15) is 0 Å². The van der Waals surface area contributed by atoms with Crippen LogP contribution in [0.15, 0.2) is 23.1 Å². The molecule has 0 aliphatic carbocycles. The third-order valence-corrected chi connectivity index (χ3v) is 4.10. The predicted octanol–water partition coefficient (Wildman–Crippen LogP) is 0.231. The summed E-state index contributed by atoms with van der Waals surface area (Å²) in [5, 5.41) is 3.37. The summed E-state index contributed by atoms with van der Waals surface area (Å²) in [4.78, 5) is 11.4. The van der Waals surface area contributed by atoms with Crippen LogP contribution < -0.4 is 16.5 Å². The summed E-state index contributed by atoms with van der Waals surface area (Å²) < 4.78 is 2.15. The van der Waals surface area contributed by atoms with Gasteiger partial charge in [-0.1, -0.05) is 0 Å². The first-order chi connectivity index (χ1) is 7.71. The third kappa shape index (κ3) is 1.33. The number of nitrogens with two attached hydrogens (primary N) is 1. The fourth-order valence-electron chi connectivity index (χ4n) is 3.08. The fraction of sp³-hybridized carbons (Fsp3) is 0.583. The Hall–Kier alpha value is -1.13. The first kappa shape index (κ1) is 10.1. The van der Waals surface area contributed by atoms with Gasteiger partial charge in [0.2, 0.25) is 0 Å². The first-order valence-corrected chi connectivity index (χ1v) is 5.88. The van der Waals surface area contributed by atoms with Crippen LogP contribution in [0, 0.1) is 5.41 Å². The topological polar surface area (TPSA) is 60.1 Å². The molecule has 0 bridgehead atoms. The molecular formula is C12H17N3O. The van der Waals surface area contributed by atoms with E-state index in [2.05, 4.69) is 9.88 Å². The molecule has 86 valence electrons. The summed E-state index contributed by atoms with van der Waals surface area (Å²) in [6, 6.07) is 3.33. The minimum Gasteiger partial charge on any atom is -0.349 e. The molecule has 0 radical (unpaired) electrons. The van der Waals surface area contributed by atoms with Crippen LogP contribution in [-0.2, 0) is 6.54 Å². The van der Waals surface area contributed by atoms with E-state index in [4.69, 9.17) is 5.73 Å². The summed E-state index contributed by atoms with van der Waals surface area (Å²) in [5.74, 6) is 0. The number of pyridine rings is 1. The van der Waals surface area contributed by atoms with Gasteiger partial charge in [0.25, 0.3) is 0 Å². The molecular weight excluding hydrogens is 202 g/mol. The van der Waals surface area contributed by atoms with E-state index in [1.54, 1.807) is 12.1 Å². The minimum atomic E-state index is 0.0171. The maximum absolute atomic E-state index is 11.4. The lowest BCUT2D eigenvalue weighted by Gasteiger charge is -2.36. The molecule has 0 aromatic carbocycles. The zero-order chi connectivity index (χ0) is 11.2. The van der Waals surface area contributed by atoms with Crippen LogP contribution >= 0.6 is 0 Å². The summed E-state index contributed by atoms with van der Waals surface area (Å²) in [7, 11) is 0. The van der Waals surface area contributed by atoms with Crippen LogP contribution in [0.2, 0.25) is 0 Å². The summed E-state index contributed by atoms with van der Waals surface area (Å²) >= 11 is 0. The van der Waals surface area contributed by atoms with Crippen LogP contribution in [0.3, 0.4) is 0 Å². The van der Waals surface area contributed by atoms with Crippen molar-refractivity contribution in [3.8, 4) is 0 Å². The standard InChI is InChI=1S/C12H17N3O/c13-11-10-7-9(16)1-6-15(10)8-12(11)2-4-14-5-3-12/h1,6-7,11,14H,2-5,8,13H2. The van der Waals surface area contributed by atoms with Gasteiger partial charge >= 0.3 is 0 Å². The van der Waals surface area contributed by atoms with Crippen molar-refractivity contribution >= 4 is 0 Å². The molecule has 1 spiro atoms. The molecule has 1 fully saturated rings. The van der Waals surface area contributed by atoms with Crippen LogP contribution in [-0.4, -0.2) is 17.7 Å². The highest BCUT2D eigenvalue weighted by Gasteiger charge is 2.44. The van der Waals surface area contributed by atoms with Crippen molar-refractivity contribution in [1.29, 1.82) is 0 Å². The first-order valence-electron chi connectivity index (χ1n) is 5.88. The minimum absolute atomic E-state index is 0.0171. The Labute approximate surface area is 94.5 Å². The normalized spacial score (nSPS) is 26.9. The van der Waals surface area contributed by atoms with Crippen molar-refractivity contribution in [3.63, 3.8) is 0 Å². The number of aromatic nitrogens is 1. The molecule has 3 N–H and O–H groups in total. The lowest BCUT2D eigenvalue weighted by atomic mass is 9.74. The molecule has 3 heterocycles. The molecule has 0 saturated carbocycles. The van der Waals surface area contributed by atoms with Gasteiger partial charge in [-0.25, -0.2) is 0 Å². The molecule has 1 atom stereocenters. The SMILES string of the molecule is NC1c2cc(=O)ccn2CC12CCNCC2. The van der Waals surface area contributed by atoms with Gasteiger partial charge in [-0.2, -0.15) is 0 Å². The lowest BCUT2D eigenvalue weighted by Crippen LogP contribution is -2.42. The third-order valence-electron chi connectivity index (χ3n) is 4.10. The van der Waals surface area contributed by atoms with E-state index >= 15 is 0 Å². The van der Waals surface area contributed by atoms with Crippen LogP contribution in [0.5, 0.6) is 0 Å². The fourth-order valence-corrected chi connectivity index (χ4v) is 3.08. The van der Waals surface area contributed by atoms with Crippen molar-refractivity contribution < 1.29 is 0 Å². The highest BCUT2D eigenvalue weighted by Crippen LogP contribution is 2.45. The molecule has 2 aliphatic heterocycles. The smallest absolute Gasteiger partial charge is 0.181 e. The molecule has 3 rings (SSSR count). The van der Waals surface area contributed by atoms with Crippen molar-refractivity contribution in [2.24, 2.45) is 11.1 Å². The second kappa shape index (κ2) is 3.43. The highest BCUT2D eigenvalue weighted by molar-refractivity contribution is 5.20. The number of piperidine rings is 1. The van der Waals surface area contributed by atoms with Gasteiger partial charge in [-0.15, -0.1) is 0 Å². The predicted molar refractivity (Wildman–Crippen MR) is 62.2 cm³/mol. The molecule has 1 saturated heterocycles. The van der Waals surface area contributed by atoms with Crippen LogP contribution in [0.1, 0.15) is 24.6 Å². The zero-order valence-corrected chi connectivity index (χ0v) is 9.28. The van der Waals surface area contributed by atoms with Crippen molar-refractivity contribution in [1.82, 2.24) is 9.88 Å². The average molecular weight is 219 g/mol. The van der Waals surface area contributed by atoms with E-state index in [1.807, 2.05) is 6.20 Å². The quantitative estimate of drug-likeness (QED) is 0.656. The molecule has 4 nitrogen and oxygen atoms in total. The largest absolute Gasteiger partial charge is 0.349 e. The van der Waals surface area contributed by atoms with Crippen molar-refractivity contribution in [2.45, 2.75) is 25.4 Å². The monoisotopic (exact) mass is 219 g/mol. The Morgan fingerprint density at radius 1 is 1.44 bits per heavy atom. The number of hydrogen-bond donors (Lipinski definition) is 2. The van der Waals surface area contributed by atoms with Gasteiger partial charge in [0, 0.05) is 36.0 Å². The molecule has 1 unspecified atom stereocenters. The Bertz CT molecular complexity index is 460. The van der Waals surface area contributed by atoms with Gasteiger partial charge < -0.3 is 15.6 Å². The van der Waals surface area contributed by atoms with Crippen LogP contribution in [0.4, 0.5) is 0 Å². The van der Waals surface area contributed by atoms with Gasteiger partial charge in [0.05, 0.1) is 6.04 Å². The number of hydrogen-bond acceptors (Lipinski definition) is 3. The van der Waals surface area contributed by atoms with E-state index in [-0.39, 0.29) is 16.9 Å². The van der Waals surface area contributed by atoms with Crippen molar-refractivity contribution in [3.05, 3.63) is 34.2 Å². The maximum atomic E-state index is 11.4. The molecule has 4 heteroatoms. The van der Waals surface area contributed by atoms with Gasteiger partial charge in [-0.05, 0) is 25.9 Å². The summed E-state index contributed by atoms with van der Waals surface area (Å²) in [6.45, 7) is 3.03. The van der Waals surface area contributed by atoms with E-state index in [1.165, 1.54) is 0 Å². The number of rotatable bonds is 0. The molecule has 1 aromatic rings. The Morgan fingerprint density at radius 3 is 2.94 bits per heavy atom. The number of nitrogens with one attached hydrogen (secondary N) is 1. The number of fused-ring (bicyclic) bond motifs is 1. The van der Waals surface area contributed by atoms with Crippen molar-refractivity contribution in [2.75, 3.05) is 13.1 Å². The number of nitrogens with zero attached hydrogens (tertiary/aromatic N) is 1. The second-order valence-corrected chi connectivity index (χ2v) is 5.01. The zero-order valence-electron chi connectivity index (χ0n) is 9.28. The maximum Gasteiger partial charge on any atom is 0.181 e. The van der Waals surface area contributed by atoms with Crippen LogP contribution in [0.25, 0.3) is 0 Å². The van der Waals surface area contributed by atoms with E-state index in [0.717, 1.165) is 38.2 Å². The van der Waals surface area contributed by atoms with Gasteiger partial charge in [0.15, 0.2) is 5.43 Å². The molecule has 0 amide bonds. The Kier molecular flexibility index (Phi) is 2.16. The molecule has 2 aliphatic rings. The second-order valence-electron chi connectivity index (χ2n) is 5.01. The molecule has 1 aromatic heterocycles. The lowest BCUT2D eigenvalue weighted by molar-refractivity contribution is 0.162. The summed E-state index contributed by atoms with van der Waals surface area (Å²) in [5.41, 5.74) is 7.58. The van der Waals surface area contributed by atoms with E-state index in [9.17, 15) is 4.79 Å². The Balaban J connectivity index is 2.02. The average Bonchev–Trinajstić information content (AvgIpc) is 2.55. The Morgan fingerprint density at radius 2 is 2.19 bits per heavy atom. The van der Waals surface area contributed by atoms with E-state index < -0.39 is 0 Å². The van der Waals surface area contributed by atoms with Gasteiger partial charge in [-0.3, -0.25) is 4.79 Å². The summed E-state index contributed by atoms with van der Waals surface area (Å²) in [6.07, 6.45) is 4.09.